The number of rotatable bonds is 4. The van der Waals surface area contributed by atoms with Gasteiger partial charge in [-0.15, -0.1) is 0 Å². The highest BCUT2D eigenvalue weighted by atomic mass is 79.9. The second-order valence-electron chi connectivity index (χ2n) is 4.42. The number of hydrogen-bond donors (Lipinski definition) is 2. The number of carbonyl (C=O) groups excluding carboxylic acids is 1. The third-order valence-corrected chi connectivity index (χ3v) is 3.22. The molecule has 1 amide bonds. The molecule has 0 radical (unpaired) electrons. The van der Waals surface area contributed by atoms with Gasteiger partial charge in [0.1, 0.15) is 11.4 Å². The summed E-state index contributed by atoms with van der Waals surface area (Å²) in [6, 6.07) is 7.18. The summed E-state index contributed by atoms with van der Waals surface area (Å²) in [5, 5.41) is 2.09. The molecule has 2 N–H and O–H groups in total. The van der Waals surface area contributed by atoms with Gasteiger partial charge in [-0.3, -0.25) is 9.59 Å². The van der Waals surface area contributed by atoms with Crippen LogP contribution in [-0.2, 0) is 11.0 Å². The number of pyridine rings is 1. The highest BCUT2D eigenvalue weighted by molar-refractivity contribution is 9.10. The van der Waals surface area contributed by atoms with E-state index in [1.165, 1.54) is 0 Å². The first kappa shape index (κ1) is 17.1. The van der Waals surface area contributed by atoms with Crippen molar-refractivity contribution < 1.29 is 22.7 Å². The second-order valence-corrected chi connectivity index (χ2v) is 5.34. The highest BCUT2D eigenvalue weighted by Gasteiger charge is 2.31. The number of halogens is 4. The summed E-state index contributed by atoms with van der Waals surface area (Å²) in [7, 11) is 0. The van der Waals surface area contributed by atoms with E-state index in [9.17, 15) is 22.8 Å². The fourth-order valence-electron chi connectivity index (χ4n) is 1.61. The van der Waals surface area contributed by atoms with Crippen LogP contribution in [0.1, 0.15) is 5.56 Å². The maximum Gasteiger partial charge on any atom is 0.417 e. The zero-order valence-electron chi connectivity index (χ0n) is 11.4. The van der Waals surface area contributed by atoms with Crippen molar-refractivity contribution in [2.75, 3.05) is 11.9 Å². The number of carbonyl (C=O) groups is 1. The van der Waals surface area contributed by atoms with Crippen LogP contribution in [0.2, 0.25) is 0 Å². The van der Waals surface area contributed by atoms with Crippen LogP contribution in [0, 0.1) is 0 Å². The van der Waals surface area contributed by atoms with E-state index in [0.29, 0.717) is 18.0 Å². The molecule has 0 aliphatic rings. The number of benzene rings is 1. The van der Waals surface area contributed by atoms with E-state index in [-0.39, 0.29) is 0 Å². The molecule has 0 bridgehead atoms. The predicted octanol–water partition coefficient (Wildman–Crippen LogP) is 3.17. The Morgan fingerprint density at radius 2 is 1.91 bits per heavy atom. The van der Waals surface area contributed by atoms with Crippen molar-refractivity contribution in [2.24, 2.45) is 0 Å². The van der Waals surface area contributed by atoms with Gasteiger partial charge in [0.25, 0.3) is 11.5 Å². The van der Waals surface area contributed by atoms with Gasteiger partial charge in [0.2, 0.25) is 0 Å². The highest BCUT2D eigenvalue weighted by Crippen LogP contribution is 2.29. The lowest BCUT2D eigenvalue weighted by Crippen LogP contribution is -2.25. The van der Waals surface area contributed by atoms with Crippen molar-refractivity contribution in [3.63, 3.8) is 0 Å². The van der Waals surface area contributed by atoms with Crippen molar-refractivity contribution in [3.8, 4) is 5.75 Å². The monoisotopic (exact) mass is 390 g/mol. The van der Waals surface area contributed by atoms with Crippen molar-refractivity contribution >= 4 is 27.5 Å². The molecule has 122 valence electrons. The number of aromatic nitrogens is 1. The molecule has 0 aliphatic heterocycles. The molecular formula is C14H10BrF3N2O3. The van der Waals surface area contributed by atoms with E-state index < -0.39 is 35.5 Å². The number of ether oxygens (including phenoxy) is 1. The van der Waals surface area contributed by atoms with Gasteiger partial charge in [0.15, 0.2) is 6.61 Å². The van der Waals surface area contributed by atoms with Gasteiger partial charge in [-0.05, 0) is 30.3 Å². The van der Waals surface area contributed by atoms with Crippen LogP contribution in [0.4, 0.5) is 18.9 Å². The Hall–Kier alpha value is -2.29. The van der Waals surface area contributed by atoms with Gasteiger partial charge < -0.3 is 15.0 Å². The normalized spacial score (nSPS) is 11.1. The lowest BCUT2D eigenvalue weighted by molar-refractivity contribution is -0.137. The molecule has 2 aromatic rings. The van der Waals surface area contributed by atoms with E-state index in [1.54, 1.807) is 24.3 Å². The molecule has 0 saturated carbocycles. The summed E-state index contributed by atoms with van der Waals surface area (Å²) < 4.78 is 43.7. The number of amides is 1. The van der Waals surface area contributed by atoms with Crippen LogP contribution >= 0.6 is 15.9 Å². The molecule has 0 saturated heterocycles. The summed E-state index contributed by atoms with van der Waals surface area (Å²) in [6.07, 6.45) is -4.09. The molecule has 2 rings (SSSR count). The van der Waals surface area contributed by atoms with Crippen LogP contribution in [0.15, 0.2) is 45.8 Å². The van der Waals surface area contributed by atoms with Gasteiger partial charge in [-0.1, -0.05) is 15.9 Å². The molecule has 1 heterocycles. The minimum absolute atomic E-state index is 0.404. The molecule has 0 spiro atoms. The zero-order valence-corrected chi connectivity index (χ0v) is 13.0. The van der Waals surface area contributed by atoms with Gasteiger partial charge >= 0.3 is 6.18 Å². The Morgan fingerprint density at radius 3 is 2.52 bits per heavy atom. The summed E-state index contributed by atoms with van der Waals surface area (Å²) >= 11 is 3.24. The SMILES string of the molecule is O=C(COc1ccc(Br)cc1)Nc1cc(C(F)(F)F)c[nH]c1=O. The minimum Gasteiger partial charge on any atom is -0.484 e. The quantitative estimate of drug-likeness (QED) is 0.841. The third-order valence-electron chi connectivity index (χ3n) is 2.69. The molecule has 0 aliphatic carbocycles. The zero-order chi connectivity index (χ0) is 17.0. The first-order valence-corrected chi connectivity index (χ1v) is 7.03. The number of nitrogens with one attached hydrogen (secondary N) is 2. The number of aromatic amines is 1. The Kier molecular flexibility index (Phi) is 5.09. The molecule has 1 aromatic carbocycles. The molecule has 5 nitrogen and oxygen atoms in total. The third kappa shape index (κ3) is 4.85. The Bertz CT molecular complexity index is 757. The molecule has 0 atom stereocenters. The topological polar surface area (TPSA) is 71.2 Å². The molecule has 23 heavy (non-hydrogen) atoms. The van der Waals surface area contributed by atoms with Crippen LogP contribution in [-0.4, -0.2) is 17.5 Å². The fraction of sp³-hybridized carbons (Fsp3) is 0.143. The lowest BCUT2D eigenvalue weighted by atomic mass is 10.2. The van der Waals surface area contributed by atoms with E-state index in [4.69, 9.17) is 4.74 Å². The molecule has 9 heteroatoms. The number of hydrogen-bond acceptors (Lipinski definition) is 3. The average Bonchev–Trinajstić information content (AvgIpc) is 2.48. The second kappa shape index (κ2) is 6.86. The number of alkyl halides is 3. The maximum absolute atomic E-state index is 12.6. The Balaban J connectivity index is 2.02. The van der Waals surface area contributed by atoms with Crippen molar-refractivity contribution in [1.82, 2.24) is 4.98 Å². The van der Waals surface area contributed by atoms with E-state index in [2.05, 4.69) is 21.2 Å². The van der Waals surface area contributed by atoms with E-state index >= 15 is 0 Å². The summed E-state index contributed by atoms with van der Waals surface area (Å²) in [4.78, 5) is 25.1. The van der Waals surface area contributed by atoms with Crippen LogP contribution in [0.25, 0.3) is 0 Å². The Morgan fingerprint density at radius 1 is 1.26 bits per heavy atom. The summed E-state index contributed by atoms with van der Waals surface area (Å²) in [6.45, 7) is -0.447. The van der Waals surface area contributed by atoms with Gasteiger partial charge in [0, 0.05) is 10.7 Å². The standard InChI is InChI=1S/C14H10BrF3N2O3/c15-9-1-3-10(4-2-9)23-7-12(21)20-11-5-8(14(16,17)18)6-19-13(11)22/h1-6H,7H2,(H,19,22)(H,20,21). The fourth-order valence-corrected chi connectivity index (χ4v) is 1.87. The van der Waals surface area contributed by atoms with Crippen molar-refractivity contribution in [1.29, 1.82) is 0 Å². The molecule has 0 fully saturated rings. The number of anilines is 1. The molecule has 0 unspecified atom stereocenters. The van der Waals surface area contributed by atoms with Crippen molar-refractivity contribution in [2.45, 2.75) is 6.18 Å². The summed E-state index contributed by atoms with van der Waals surface area (Å²) in [5.41, 5.74) is -2.40. The predicted molar refractivity (Wildman–Crippen MR) is 80.3 cm³/mol. The average molecular weight is 391 g/mol. The van der Waals surface area contributed by atoms with Gasteiger partial charge in [-0.2, -0.15) is 13.2 Å². The summed E-state index contributed by atoms with van der Waals surface area (Å²) in [5.74, 6) is -0.348. The van der Waals surface area contributed by atoms with E-state index in [1.807, 2.05) is 4.98 Å². The number of H-pyrrole nitrogens is 1. The molecular weight excluding hydrogens is 381 g/mol. The van der Waals surface area contributed by atoms with Crippen LogP contribution in [0.5, 0.6) is 5.75 Å². The minimum atomic E-state index is -4.63. The van der Waals surface area contributed by atoms with Crippen molar-refractivity contribution in [3.05, 3.63) is 56.9 Å². The first-order chi connectivity index (χ1) is 10.8. The van der Waals surface area contributed by atoms with Gasteiger partial charge in [-0.25, -0.2) is 0 Å². The molecule has 1 aromatic heterocycles. The maximum atomic E-state index is 12.6. The largest absolute Gasteiger partial charge is 0.484 e. The van der Waals surface area contributed by atoms with Crippen LogP contribution in [0.3, 0.4) is 0 Å². The smallest absolute Gasteiger partial charge is 0.417 e. The first-order valence-electron chi connectivity index (χ1n) is 6.24. The Labute approximate surface area is 136 Å². The van der Waals surface area contributed by atoms with Crippen LogP contribution < -0.4 is 15.6 Å². The van der Waals surface area contributed by atoms with Gasteiger partial charge in [0.05, 0.1) is 5.56 Å². The lowest BCUT2D eigenvalue weighted by Gasteiger charge is -2.10. The van der Waals surface area contributed by atoms with E-state index in [0.717, 1.165) is 4.47 Å².